The number of aryl methyl sites for hydroxylation is 1. The first-order valence-corrected chi connectivity index (χ1v) is 9.35. The Kier molecular flexibility index (Phi) is 6.11. The number of ether oxygens (including phenoxy) is 1. The molecule has 2 N–H and O–H groups in total. The number of nitrogens with zero attached hydrogens (tertiary/aromatic N) is 1. The van der Waals surface area contributed by atoms with Crippen LogP contribution in [0.3, 0.4) is 0 Å². The molecule has 0 atom stereocenters. The molecular weight excluding hydrogens is 384 g/mol. The van der Waals surface area contributed by atoms with Crippen LogP contribution in [0.4, 0.5) is 0 Å². The molecule has 3 aromatic rings. The van der Waals surface area contributed by atoms with Gasteiger partial charge in [-0.15, -0.1) is 11.3 Å². The maximum atomic E-state index is 12.2. The number of oxime groups is 1. The lowest BCUT2D eigenvalue weighted by atomic mass is 10.1. The topological polar surface area (TPSA) is 73.9 Å². The average Bonchev–Trinajstić information content (AvgIpc) is 3.21. The molecule has 0 spiro atoms. The van der Waals surface area contributed by atoms with Crippen LogP contribution in [0.15, 0.2) is 65.1 Å². The third-order valence-corrected chi connectivity index (χ3v) is 4.85. The van der Waals surface area contributed by atoms with Crippen molar-refractivity contribution >= 4 is 34.7 Å². The summed E-state index contributed by atoms with van der Waals surface area (Å²) in [5.74, 6) is 0.162. The van der Waals surface area contributed by atoms with E-state index in [4.69, 9.17) is 26.9 Å². The Labute approximate surface area is 166 Å². The highest BCUT2D eigenvalue weighted by molar-refractivity contribution is 7.12. The Bertz CT molecular complexity index is 971. The van der Waals surface area contributed by atoms with Crippen molar-refractivity contribution in [3.63, 3.8) is 0 Å². The van der Waals surface area contributed by atoms with Crippen molar-refractivity contribution in [1.29, 1.82) is 0 Å². The van der Waals surface area contributed by atoms with E-state index >= 15 is 0 Å². The largest absolute Gasteiger partial charge is 0.487 e. The van der Waals surface area contributed by atoms with Gasteiger partial charge in [-0.3, -0.25) is 0 Å². The van der Waals surface area contributed by atoms with Crippen molar-refractivity contribution in [3.8, 4) is 5.75 Å². The summed E-state index contributed by atoms with van der Waals surface area (Å²) < 4.78 is 5.76. The van der Waals surface area contributed by atoms with Gasteiger partial charge in [0.15, 0.2) is 5.84 Å². The van der Waals surface area contributed by atoms with Gasteiger partial charge in [0.2, 0.25) is 0 Å². The van der Waals surface area contributed by atoms with Gasteiger partial charge in [-0.25, -0.2) is 4.79 Å². The molecule has 138 valence electrons. The van der Waals surface area contributed by atoms with Crippen molar-refractivity contribution < 1.29 is 14.4 Å². The number of carbonyl (C=O) groups excluding carboxylic acids is 1. The summed E-state index contributed by atoms with van der Waals surface area (Å²) in [4.78, 5) is 17.9. The van der Waals surface area contributed by atoms with E-state index in [9.17, 15) is 4.79 Å². The highest BCUT2D eigenvalue weighted by Crippen LogP contribution is 2.26. The first kappa shape index (κ1) is 18.9. The fourth-order valence-electron chi connectivity index (χ4n) is 2.28. The lowest BCUT2D eigenvalue weighted by Crippen LogP contribution is -2.13. The van der Waals surface area contributed by atoms with Crippen LogP contribution >= 0.6 is 22.9 Å². The number of nitrogens with two attached hydrogens (primary N) is 1. The number of rotatable bonds is 6. The van der Waals surface area contributed by atoms with Gasteiger partial charge >= 0.3 is 5.97 Å². The van der Waals surface area contributed by atoms with Gasteiger partial charge in [-0.1, -0.05) is 41.0 Å². The molecule has 0 aliphatic rings. The van der Waals surface area contributed by atoms with Crippen molar-refractivity contribution in [1.82, 2.24) is 0 Å². The summed E-state index contributed by atoms with van der Waals surface area (Å²) in [5.41, 5.74) is 7.99. The predicted molar refractivity (Wildman–Crippen MR) is 107 cm³/mol. The first-order chi connectivity index (χ1) is 13.0. The van der Waals surface area contributed by atoms with Gasteiger partial charge in [-0.05, 0) is 53.8 Å². The summed E-state index contributed by atoms with van der Waals surface area (Å²) in [6.45, 7) is 2.23. The van der Waals surface area contributed by atoms with Gasteiger partial charge in [0.25, 0.3) is 0 Å². The van der Waals surface area contributed by atoms with Crippen LogP contribution in [-0.4, -0.2) is 11.8 Å². The fourth-order valence-corrected chi connectivity index (χ4v) is 3.07. The molecule has 7 heteroatoms. The van der Waals surface area contributed by atoms with Crippen molar-refractivity contribution in [2.45, 2.75) is 13.5 Å². The standard InChI is InChI=1S/C20H17ClN2O3S/c1-13-7-8-16(21)17(10-13)25-12-14-4-2-5-15(11-14)20(24)26-23-19(22)18-6-3-9-27-18/h2-11H,12H2,1H3,(H2,22,23). The molecule has 0 aliphatic heterocycles. The van der Waals surface area contributed by atoms with Crippen molar-refractivity contribution in [2.75, 3.05) is 0 Å². The Morgan fingerprint density at radius 3 is 2.81 bits per heavy atom. The van der Waals surface area contributed by atoms with Gasteiger partial charge in [0.05, 0.1) is 15.5 Å². The number of carbonyl (C=O) groups is 1. The molecule has 1 aromatic heterocycles. The van der Waals surface area contributed by atoms with E-state index in [1.807, 2.05) is 36.6 Å². The normalized spacial score (nSPS) is 11.3. The molecule has 0 saturated carbocycles. The minimum Gasteiger partial charge on any atom is -0.487 e. The highest BCUT2D eigenvalue weighted by Gasteiger charge is 2.10. The lowest BCUT2D eigenvalue weighted by Gasteiger charge is -2.09. The molecule has 3 rings (SSSR count). The Morgan fingerprint density at radius 2 is 2.04 bits per heavy atom. The first-order valence-electron chi connectivity index (χ1n) is 8.09. The Balaban J connectivity index is 1.65. The monoisotopic (exact) mass is 400 g/mol. The van der Waals surface area contributed by atoms with Crippen LogP contribution in [-0.2, 0) is 11.4 Å². The van der Waals surface area contributed by atoms with Crippen LogP contribution in [0.2, 0.25) is 5.02 Å². The zero-order valence-electron chi connectivity index (χ0n) is 14.5. The smallest absolute Gasteiger partial charge is 0.365 e. The average molecular weight is 401 g/mol. The summed E-state index contributed by atoms with van der Waals surface area (Å²) in [7, 11) is 0. The molecular formula is C20H17ClN2O3S. The van der Waals surface area contributed by atoms with Crippen molar-refractivity contribution in [2.24, 2.45) is 10.9 Å². The third kappa shape index (κ3) is 5.09. The van der Waals surface area contributed by atoms with E-state index in [1.54, 1.807) is 30.3 Å². The van der Waals surface area contributed by atoms with Crippen LogP contribution in [0.5, 0.6) is 5.75 Å². The second-order valence-electron chi connectivity index (χ2n) is 5.76. The predicted octanol–water partition coefficient (Wildman–Crippen LogP) is 4.77. The molecule has 0 amide bonds. The van der Waals surface area contributed by atoms with E-state index in [0.29, 0.717) is 16.3 Å². The number of hydrogen-bond donors (Lipinski definition) is 1. The van der Waals surface area contributed by atoms with E-state index < -0.39 is 5.97 Å². The molecule has 0 aliphatic carbocycles. The third-order valence-electron chi connectivity index (χ3n) is 3.64. The molecule has 0 saturated heterocycles. The quantitative estimate of drug-likeness (QED) is 0.280. The SMILES string of the molecule is Cc1ccc(Cl)c(OCc2cccc(C(=O)O/N=C(\N)c3cccs3)c2)c1. The molecule has 5 nitrogen and oxygen atoms in total. The number of amidine groups is 1. The molecule has 0 unspecified atom stereocenters. The summed E-state index contributed by atoms with van der Waals surface area (Å²) in [5, 5.41) is 6.10. The maximum absolute atomic E-state index is 12.2. The van der Waals surface area contributed by atoms with Crippen LogP contribution < -0.4 is 10.5 Å². The van der Waals surface area contributed by atoms with Crippen molar-refractivity contribution in [3.05, 3.63) is 86.6 Å². The molecule has 27 heavy (non-hydrogen) atoms. The molecule has 0 radical (unpaired) electrons. The van der Waals surface area contributed by atoms with E-state index in [2.05, 4.69) is 5.16 Å². The fraction of sp³-hybridized carbons (Fsp3) is 0.100. The molecule has 0 fully saturated rings. The van der Waals surface area contributed by atoms with Gasteiger partial charge in [0, 0.05) is 0 Å². The van der Waals surface area contributed by atoms with Crippen LogP contribution in [0.1, 0.15) is 26.4 Å². The van der Waals surface area contributed by atoms with Crippen LogP contribution in [0.25, 0.3) is 0 Å². The van der Waals surface area contributed by atoms with Gasteiger partial charge in [-0.2, -0.15) is 0 Å². The minimum atomic E-state index is -0.593. The zero-order valence-corrected chi connectivity index (χ0v) is 16.1. The van der Waals surface area contributed by atoms with Gasteiger partial charge in [0.1, 0.15) is 12.4 Å². The zero-order chi connectivity index (χ0) is 19.2. The summed E-state index contributed by atoms with van der Waals surface area (Å²) in [6.07, 6.45) is 0. The molecule has 1 heterocycles. The van der Waals surface area contributed by atoms with E-state index in [0.717, 1.165) is 16.0 Å². The van der Waals surface area contributed by atoms with E-state index in [-0.39, 0.29) is 12.4 Å². The molecule has 0 bridgehead atoms. The Hall–Kier alpha value is -2.83. The maximum Gasteiger partial charge on any atom is 0.365 e. The van der Waals surface area contributed by atoms with Gasteiger partial charge < -0.3 is 15.3 Å². The number of hydrogen-bond acceptors (Lipinski definition) is 5. The number of halogens is 1. The summed E-state index contributed by atoms with van der Waals surface area (Å²) >= 11 is 7.55. The van der Waals surface area contributed by atoms with Crippen LogP contribution in [0, 0.1) is 6.92 Å². The Morgan fingerprint density at radius 1 is 1.19 bits per heavy atom. The number of benzene rings is 2. The summed E-state index contributed by atoms with van der Waals surface area (Å²) in [6, 6.07) is 16.1. The number of thiophene rings is 1. The minimum absolute atomic E-state index is 0.159. The highest BCUT2D eigenvalue weighted by atomic mass is 35.5. The lowest BCUT2D eigenvalue weighted by molar-refractivity contribution is 0.0516. The van der Waals surface area contributed by atoms with E-state index in [1.165, 1.54) is 11.3 Å². The molecule has 2 aromatic carbocycles. The second-order valence-corrected chi connectivity index (χ2v) is 7.11. The second kappa shape index (κ2) is 8.70.